The molecule has 7 heteroatoms. The van der Waals surface area contributed by atoms with Crippen molar-refractivity contribution in [1.82, 2.24) is 0 Å². The first-order valence-electron chi connectivity index (χ1n) is 11.8. The molecule has 1 rings (SSSR count). The quantitative estimate of drug-likeness (QED) is 0.146. The molecular weight excluding hydrogens is 390 g/mol. The molecule has 1 aliphatic rings. The third-order valence-electron chi connectivity index (χ3n) is 5.81. The van der Waals surface area contributed by atoms with E-state index in [0.29, 0.717) is 0 Å². The summed E-state index contributed by atoms with van der Waals surface area (Å²) in [5.74, 6) is 0. The first-order chi connectivity index (χ1) is 13.8. The first-order valence-corrected chi connectivity index (χ1v) is 13.1. The lowest BCUT2D eigenvalue weighted by atomic mass is 10.0. The predicted octanol–water partition coefficient (Wildman–Crippen LogP) is 5.04. The minimum absolute atomic E-state index is 0.808. The maximum Gasteiger partial charge on any atom is 0.217 e. The highest BCUT2D eigenvalue weighted by Crippen LogP contribution is 2.14. The third kappa shape index (κ3) is 20.8. The van der Waals surface area contributed by atoms with Gasteiger partial charge in [0.1, 0.15) is 13.1 Å². The summed E-state index contributed by atoms with van der Waals surface area (Å²) in [6.07, 6.45) is 20.3. The highest BCUT2D eigenvalue weighted by molar-refractivity contribution is 7.80. The molecule has 1 heterocycles. The van der Waals surface area contributed by atoms with Crippen LogP contribution in [-0.4, -0.2) is 64.5 Å². The van der Waals surface area contributed by atoms with Crippen molar-refractivity contribution >= 4 is 10.4 Å². The van der Waals surface area contributed by atoms with Gasteiger partial charge in [-0.05, 0) is 12.8 Å². The van der Waals surface area contributed by atoms with Gasteiger partial charge < -0.3 is 13.8 Å². The summed E-state index contributed by atoms with van der Waals surface area (Å²) < 4.78 is 37.7. The average Bonchev–Trinajstić information content (AvgIpc) is 2.69. The Kier molecular flexibility index (Phi) is 18.4. The molecule has 0 saturated carbocycles. The second kappa shape index (κ2) is 18.6. The molecule has 6 nitrogen and oxygen atoms in total. The van der Waals surface area contributed by atoms with Crippen molar-refractivity contribution in [3.63, 3.8) is 0 Å². The van der Waals surface area contributed by atoms with Gasteiger partial charge in [-0.25, -0.2) is 8.42 Å². The van der Waals surface area contributed by atoms with Crippen LogP contribution in [0.5, 0.6) is 0 Å². The summed E-state index contributed by atoms with van der Waals surface area (Å²) in [5.41, 5.74) is 0. The summed E-state index contributed by atoms with van der Waals surface area (Å²) in [7, 11) is -1.20. The van der Waals surface area contributed by atoms with Gasteiger partial charge in [0.15, 0.2) is 0 Å². The van der Waals surface area contributed by atoms with E-state index < -0.39 is 10.4 Å². The monoisotopic (exact) mass is 437 g/mol. The number of morpholine rings is 1. The van der Waals surface area contributed by atoms with Crippen molar-refractivity contribution in [3.8, 4) is 0 Å². The summed E-state index contributed by atoms with van der Waals surface area (Å²) in [5, 5.41) is 0. The van der Waals surface area contributed by atoms with Gasteiger partial charge in [0, 0.05) is 0 Å². The minimum atomic E-state index is -4.41. The van der Waals surface area contributed by atoms with E-state index >= 15 is 0 Å². The van der Waals surface area contributed by atoms with Crippen molar-refractivity contribution in [2.24, 2.45) is 0 Å². The van der Waals surface area contributed by atoms with Crippen LogP contribution in [0.15, 0.2) is 0 Å². The van der Waals surface area contributed by atoms with Crippen LogP contribution < -0.4 is 0 Å². The van der Waals surface area contributed by atoms with Gasteiger partial charge in [0.25, 0.3) is 0 Å². The highest BCUT2D eigenvalue weighted by Gasteiger charge is 2.24. The number of likely N-dealkylation sites (N-methyl/N-ethyl adjacent to an activating group) is 1. The van der Waals surface area contributed by atoms with Gasteiger partial charge >= 0.3 is 0 Å². The van der Waals surface area contributed by atoms with Crippen molar-refractivity contribution in [2.45, 2.75) is 96.8 Å². The van der Waals surface area contributed by atoms with E-state index in [1.807, 2.05) is 0 Å². The molecule has 29 heavy (non-hydrogen) atoms. The Morgan fingerprint density at radius 1 is 0.793 bits per heavy atom. The average molecular weight is 438 g/mol. The number of ether oxygens (including phenoxy) is 1. The van der Waals surface area contributed by atoms with Gasteiger partial charge in [0.2, 0.25) is 10.4 Å². The van der Waals surface area contributed by atoms with Gasteiger partial charge in [-0.15, -0.1) is 0 Å². The van der Waals surface area contributed by atoms with Gasteiger partial charge in [-0.3, -0.25) is 4.18 Å². The number of hydrogen-bond acceptors (Lipinski definition) is 5. The van der Waals surface area contributed by atoms with Gasteiger partial charge in [0.05, 0.1) is 33.9 Å². The fraction of sp³-hybridized carbons (Fsp3) is 1.00. The minimum Gasteiger partial charge on any atom is -0.726 e. The topological polar surface area (TPSA) is 75.7 Å². The Labute approximate surface area is 180 Å². The molecule has 0 aromatic carbocycles. The molecule has 0 amide bonds. The van der Waals surface area contributed by atoms with Gasteiger partial charge in [-0.2, -0.15) is 0 Å². The van der Waals surface area contributed by atoms with Crippen LogP contribution in [0.25, 0.3) is 0 Å². The van der Waals surface area contributed by atoms with E-state index in [-0.39, 0.29) is 0 Å². The fourth-order valence-corrected chi connectivity index (χ4v) is 3.70. The standard InChI is InChI=1S/C21H44NO.CH4O4S/c1-3-4-5-6-7-8-9-10-11-12-13-14-15-16-17-22(2)18-20-23-21-19-22;1-5-6(2,3)4/h3-21H2,1-2H3;1H3,(H,2,3,4)/q+1;/p-1. The normalized spacial score (nSPS) is 16.3. The first kappa shape index (κ1) is 28.8. The Morgan fingerprint density at radius 3 is 1.48 bits per heavy atom. The maximum atomic E-state index is 9.22. The van der Waals surface area contributed by atoms with Crippen LogP contribution in [0, 0.1) is 0 Å². The van der Waals surface area contributed by atoms with E-state index in [1.165, 1.54) is 114 Å². The van der Waals surface area contributed by atoms with E-state index in [9.17, 15) is 13.0 Å². The van der Waals surface area contributed by atoms with E-state index in [0.717, 1.165) is 20.3 Å². The van der Waals surface area contributed by atoms with Gasteiger partial charge in [-0.1, -0.05) is 84.0 Å². The predicted molar refractivity (Wildman–Crippen MR) is 119 cm³/mol. The Morgan fingerprint density at radius 2 is 1.14 bits per heavy atom. The zero-order valence-corrected chi connectivity index (χ0v) is 20.1. The molecule has 0 bridgehead atoms. The number of quaternary nitrogens is 1. The van der Waals surface area contributed by atoms with Crippen LogP contribution in [0.3, 0.4) is 0 Å². The summed E-state index contributed by atoms with van der Waals surface area (Å²) in [6.45, 7) is 8.03. The molecule has 0 radical (unpaired) electrons. The van der Waals surface area contributed by atoms with Crippen LogP contribution in [-0.2, 0) is 19.3 Å². The van der Waals surface area contributed by atoms with E-state index in [1.54, 1.807) is 0 Å². The lowest BCUT2D eigenvalue weighted by Crippen LogP contribution is -2.52. The van der Waals surface area contributed by atoms with Crippen molar-refractivity contribution in [3.05, 3.63) is 0 Å². The number of unbranched alkanes of at least 4 members (excludes halogenated alkanes) is 13. The SMILES string of the molecule is CCCCCCCCCCCCCCCC[N+]1(C)CCOCC1.COS(=O)(=O)[O-]. The Balaban J connectivity index is 0.00000113. The van der Waals surface area contributed by atoms with Crippen molar-refractivity contribution in [1.29, 1.82) is 0 Å². The second-order valence-corrected chi connectivity index (χ2v) is 9.72. The summed E-state index contributed by atoms with van der Waals surface area (Å²) in [6, 6.07) is 0. The van der Waals surface area contributed by atoms with Crippen LogP contribution >= 0.6 is 0 Å². The largest absolute Gasteiger partial charge is 0.726 e. The molecule has 1 aliphatic heterocycles. The molecular formula is C22H47NO5S. The molecule has 0 spiro atoms. The maximum absolute atomic E-state index is 9.22. The molecule has 0 aromatic rings. The lowest BCUT2D eigenvalue weighted by molar-refractivity contribution is -0.917. The van der Waals surface area contributed by atoms with Crippen molar-refractivity contribution < 1.29 is 26.4 Å². The van der Waals surface area contributed by atoms with Crippen molar-refractivity contribution in [2.75, 3.05) is 47.0 Å². The molecule has 0 unspecified atom stereocenters. The molecule has 0 N–H and O–H groups in total. The fourth-order valence-electron chi connectivity index (χ4n) is 3.70. The molecule has 176 valence electrons. The van der Waals surface area contributed by atoms with E-state index in [4.69, 9.17) is 4.74 Å². The third-order valence-corrected chi connectivity index (χ3v) is 6.21. The van der Waals surface area contributed by atoms with E-state index in [2.05, 4.69) is 18.2 Å². The molecule has 0 atom stereocenters. The molecule has 1 saturated heterocycles. The second-order valence-electron chi connectivity index (χ2n) is 8.57. The Bertz CT molecular complexity index is 450. The number of hydrogen-bond donors (Lipinski definition) is 0. The Hall–Kier alpha value is -0.210. The smallest absolute Gasteiger partial charge is 0.217 e. The van der Waals surface area contributed by atoms with Crippen LogP contribution in [0.4, 0.5) is 0 Å². The molecule has 1 fully saturated rings. The zero-order valence-electron chi connectivity index (χ0n) is 19.3. The molecule has 0 aromatic heterocycles. The molecule has 0 aliphatic carbocycles. The van der Waals surface area contributed by atoms with Crippen LogP contribution in [0.1, 0.15) is 96.8 Å². The van der Waals surface area contributed by atoms with Crippen LogP contribution in [0.2, 0.25) is 0 Å². The zero-order chi connectivity index (χ0) is 21.8. The highest BCUT2D eigenvalue weighted by atomic mass is 32.3. The summed E-state index contributed by atoms with van der Waals surface area (Å²) in [4.78, 5) is 0. The number of rotatable bonds is 16. The lowest BCUT2D eigenvalue weighted by Gasteiger charge is -2.37. The summed E-state index contributed by atoms with van der Waals surface area (Å²) >= 11 is 0. The number of nitrogens with zero attached hydrogens (tertiary/aromatic N) is 1.